The molecule has 2 heterocycles. The van der Waals surface area contributed by atoms with E-state index in [0.29, 0.717) is 37.0 Å². The summed E-state index contributed by atoms with van der Waals surface area (Å²) in [6.07, 6.45) is 3.56. The molecule has 2 fully saturated rings. The van der Waals surface area contributed by atoms with Gasteiger partial charge in [-0.25, -0.2) is 9.59 Å². The first kappa shape index (κ1) is 28.2. The minimum Gasteiger partial charge on any atom is -0.497 e. The zero-order valence-corrected chi connectivity index (χ0v) is 23.4. The van der Waals surface area contributed by atoms with Crippen LogP contribution in [-0.2, 0) is 19.1 Å². The molecule has 3 rings (SSSR count). The van der Waals surface area contributed by atoms with Crippen LogP contribution in [-0.4, -0.2) is 53.4 Å². The Morgan fingerprint density at radius 1 is 0.722 bits per heavy atom. The molecule has 7 heteroatoms. The van der Waals surface area contributed by atoms with Gasteiger partial charge >= 0.3 is 11.9 Å². The van der Waals surface area contributed by atoms with Crippen molar-refractivity contribution in [1.29, 1.82) is 0 Å². The first-order valence-corrected chi connectivity index (χ1v) is 12.8. The van der Waals surface area contributed by atoms with Crippen molar-refractivity contribution in [3.05, 3.63) is 35.4 Å². The number of piperidine rings is 2. The van der Waals surface area contributed by atoms with Crippen molar-refractivity contribution in [2.45, 2.75) is 115 Å². The van der Waals surface area contributed by atoms with E-state index in [1.807, 2.05) is 0 Å². The van der Waals surface area contributed by atoms with Crippen LogP contribution in [0.5, 0.6) is 5.75 Å². The van der Waals surface area contributed by atoms with Gasteiger partial charge in [-0.05, 0) is 79.2 Å². The molecule has 2 N–H and O–H groups in total. The summed E-state index contributed by atoms with van der Waals surface area (Å²) in [4.78, 5) is 26.9. The minimum atomic E-state index is -0.651. The Balaban J connectivity index is 1.85. The van der Waals surface area contributed by atoms with Crippen LogP contribution in [0.4, 0.5) is 0 Å². The Bertz CT molecular complexity index is 905. The van der Waals surface area contributed by atoms with Crippen LogP contribution in [0.3, 0.4) is 0 Å². The zero-order valence-electron chi connectivity index (χ0n) is 23.4. The lowest BCUT2D eigenvalue weighted by Gasteiger charge is -2.46. The second-order valence-electron chi connectivity index (χ2n) is 13.0. The Hall–Kier alpha value is -2.38. The molecule has 0 atom stereocenters. The van der Waals surface area contributed by atoms with Crippen LogP contribution in [0, 0.1) is 0 Å². The third-order valence-electron chi connectivity index (χ3n) is 6.72. The summed E-state index contributed by atoms with van der Waals surface area (Å²) in [5, 5.41) is 7.18. The molecule has 36 heavy (non-hydrogen) atoms. The highest BCUT2D eigenvalue weighted by atomic mass is 16.6. The van der Waals surface area contributed by atoms with E-state index in [1.54, 1.807) is 37.5 Å². The quantitative estimate of drug-likeness (QED) is 0.252. The van der Waals surface area contributed by atoms with E-state index in [-0.39, 0.29) is 39.9 Å². The molecule has 1 aromatic carbocycles. The number of hydrogen-bond acceptors (Lipinski definition) is 7. The van der Waals surface area contributed by atoms with Gasteiger partial charge in [0.2, 0.25) is 0 Å². The molecule has 2 aliphatic heterocycles. The van der Waals surface area contributed by atoms with Crippen LogP contribution in [0.25, 0.3) is 6.08 Å². The van der Waals surface area contributed by atoms with Crippen LogP contribution in [0.15, 0.2) is 29.8 Å². The Morgan fingerprint density at radius 3 is 1.42 bits per heavy atom. The van der Waals surface area contributed by atoms with Gasteiger partial charge in [-0.2, -0.15) is 0 Å². The lowest BCUT2D eigenvalue weighted by molar-refractivity contribution is -0.156. The third-order valence-corrected chi connectivity index (χ3v) is 6.72. The summed E-state index contributed by atoms with van der Waals surface area (Å²) in [7, 11) is 1.59. The molecular formula is C29H44N2O5. The second kappa shape index (κ2) is 10.2. The standard InChI is InChI=1S/C29H44N2O5/c1-26(2)15-21(16-27(3,4)30-26)35-24(32)23(14-19-10-12-20(34-9)13-11-19)25(33)36-22-17-28(5,6)31-29(7,8)18-22/h10-14,21-22,30-31H,15-18H2,1-9H3. The molecule has 0 unspecified atom stereocenters. The predicted molar refractivity (Wildman–Crippen MR) is 142 cm³/mol. The number of carbonyl (C=O) groups is 2. The van der Waals surface area contributed by atoms with E-state index in [2.05, 4.69) is 66.0 Å². The fourth-order valence-electron chi connectivity index (χ4n) is 6.12. The summed E-state index contributed by atoms with van der Waals surface area (Å²) < 4.78 is 17.1. The highest BCUT2D eigenvalue weighted by Crippen LogP contribution is 2.33. The van der Waals surface area contributed by atoms with Gasteiger partial charge in [0.25, 0.3) is 0 Å². The van der Waals surface area contributed by atoms with E-state index in [4.69, 9.17) is 14.2 Å². The number of nitrogens with one attached hydrogen (secondary N) is 2. The average molecular weight is 501 g/mol. The fourth-order valence-corrected chi connectivity index (χ4v) is 6.12. The maximum absolute atomic E-state index is 13.5. The van der Waals surface area contributed by atoms with Crippen molar-refractivity contribution >= 4 is 18.0 Å². The summed E-state index contributed by atoms with van der Waals surface area (Å²) in [6.45, 7) is 16.8. The molecule has 7 nitrogen and oxygen atoms in total. The van der Waals surface area contributed by atoms with E-state index >= 15 is 0 Å². The maximum Gasteiger partial charge on any atom is 0.345 e. The molecule has 200 valence electrons. The number of benzene rings is 1. The molecule has 2 saturated heterocycles. The molecule has 0 spiro atoms. The van der Waals surface area contributed by atoms with Crippen molar-refractivity contribution < 1.29 is 23.8 Å². The third kappa shape index (κ3) is 7.81. The molecule has 0 saturated carbocycles. The monoisotopic (exact) mass is 500 g/mol. The van der Waals surface area contributed by atoms with Gasteiger partial charge in [0, 0.05) is 47.8 Å². The first-order valence-electron chi connectivity index (χ1n) is 12.8. The largest absolute Gasteiger partial charge is 0.497 e. The van der Waals surface area contributed by atoms with Crippen LogP contribution in [0.1, 0.15) is 86.6 Å². The minimum absolute atomic E-state index is 0.0940. The number of carbonyl (C=O) groups excluding carboxylic acids is 2. The summed E-state index contributed by atoms with van der Waals surface area (Å²) in [5.74, 6) is -0.610. The zero-order chi connectivity index (χ0) is 26.9. The van der Waals surface area contributed by atoms with Crippen molar-refractivity contribution in [1.82, 2.24) is 10.6 Å². The lowest BCUT2D eigenvalue weighted by Crippen LogP contribution is -2.60. The summed E-state index contributed by atoms with van der Waals surface area (Å²) in [6, 6.07) is 7.17. The van der Waals surface area contributed by atoms with Gasteiger partial charge in [0.15, 0.2) is 0 Å². The fraction of sp³-hybridized carbons (Fsp3) is 0.655. The molecule has 0 aliphatic carbocycles. The van der Waals surface area contributed by atoms with E-state index in [9.17, 15) is 9.59 Å². The molecule has 0 bridgehead atoms. The van der Waals surface area contributed by atoms with Gasteiger partial charge in [-0.1, -0.05) is 12.1 Å². The topological polar surface area (TPSA) is 85.9 Å². The number of rotatable bonds is 6. The Kier molecular flexibility index (Phi) is 7.97. The van der Waals surface area contributed by atoms with Crippen molar-refractivity contribution in [2.24, 2.45) is 0 Å². The van der Waals surface area contributed by atoms with Gasteiger partial charge in [0.05, 0.1) is 7.11 Å². The summed E-state index contributed by atoms with van der Waals surface area (Å²) in [5.41, 5.74) is -0.183. The highest BCUT2D eigenvalue weighted by Gasteiger charge is 2.42. The number of esters is 2. The van der Waals surface area contributed by atoms with E-state index < -0.39 is 11.9 Å². The Labute approximate surface area is 216 Å². The highest BCUT2D eigenvalue weighted by molar-refractivity contribution is 6.17. The molecule has 0 aromatic heterocycles. The normalized spacial score (nSPS) is 22.8. The first-order chi connectivity index (χ1) is 16.5. The van der Waals surface area contributed by atoms with Crippen LogP contribution in [0.2, 0.25) is 0 Å². The average Bonchev–Trinajstić information content (AvgIpc) is 2.67. The Morgan fingerprint density at radius 2 is 1.08 bits per heavy atom. The molecule has 1 aromatic rings. The van der Waals surface area contributed by atoms with Crippen LogP contribution < -0.4 is 15.4 Å². The molecule has 0 amide bonds. The number of methoxy groups -OCH3 is 1. The number of hydrogen-bond donors (Lipinski definition) is 2. The summed E-state index contributed by atoms with van der Waals surface area (Å²) >= 11 is 0. The van der Waals surface area contributed by atoms with Crippen LogP contribution >= 0.6 is 0 Å². The van der Waals surface area contributed by atoms with E-state index in [1.165, 1.54) is 0 Å². The van der Waals surface area contributed by atoms with Gasteiger partial charge in [-0.15, -0.1) is 0 Å². The maximum atomic E-state index is 13.5. The van der Waals surface area contributed by atoms with Gasteiger partial charge < -0.3 is 24.8 Å². The van der Waals surface area contributed by atoms with E-state index in [0.717, 1.165) is 0 Å². The SMILES string of the molecule is COc1ccc(C=C(C(=O)OC2CC(C)(C)NC(C)(C)C2)C(=O)OC2CC(C)(C)NC(C)(C)C2)cc1. The van der Waals surface area contributed by atoms with Gasteiger partial charge in [0.1, 0.15) is 23.5 Å². The second-order valence-corrected chi connectivity index (χ2v) is 13.0. The number of ether oxygens (including phenoxy) is 3. The molecule has 0 radical (unpaired) electrons. The van der Waals surface area contributed by atoms with Gasteiger partial charge in [-0.3, -0.25) is 0 Å². The van der Waals surface area contributed by atoms with Crippen molar-refractivity contribution in [3.8, 4) is 5.75 Å². The van der Waals surface area contributed by atoms with Crippen molar-refractivity contribution in [2.75, 3.05) is 7.11 Å². The van der Waals surface area contributed by atoms with Crippen molar-refractivity contribution in [3.63, 3.8) is 0 Å². The smallest absolute Gasteiger partial charge is 0.345 e. The molecule has 2 aliphatic rings. The lowest BCUT2D eigenvalue weighted by atomic mass is 9.81. The predicted octanol–water partition coefficient (Wildman–Crippen LogP) is 4.78. The molecular weight excluding hydrogens is 456 g/mol.